The SMILES string of the molecule is COc1ccc2c(c1)B1c3cc(OC)ccc3N(c3ccccc3)c3cccc(c31)N2c1ccccc1. The number of para-hydroxylation sites is 2. The largest absolute Gasteiger partial charge is 0.497 e. The van der Waals surface area contributed by atoms with Crippen LogP contribution < -0.4 is 35.7 Å². The van der Waals surface area contributed by atoms with Crippen LogP contribution in [0.15, 0.2) is 115 Å². The van der Waals surface area contributed by atoms with Crippen LogP contribution in [-0.2, 0) is 0 Å². The fourth-order valence-electron chi connectivity index (χ4n) is 5.86. The molecule has 0 amide bonds. The van der Waals surface area contributed by atoms with E-state index < -0.39 is 0 Å². The van der Waals surface area contributed by atoms with Gasteiger partial charge in [0.25, 0.3) is 6.71 Å². The normalized spacial score (nSPS) is 13.0. The first-order valence-electron chi connectivity index (χ1n) is 12.5. The molecule has 0 fully saturated rings. The van der Waals surface area contributed by atoms with E-state index >= 15 is 0 Å². The van der Waals surface area contributed by atoms with Crippen LogP contribution in [0, 0.1) is 0 Å². The monoisotopic (exact) mass is 480 g/mol. The minimum absolute atomic E-state index is 0.0290. The fraction of sp³-hybridized carbons (Fsp3) is 0.0625. The molecule has 0 saturated heterocycles. The van der Waals surface area contributed by atoms with E-state index in [9.17, 15) is 0 Å². The second-order valence-corrected chi connectivity index (χ2v) is 9.33. The highest BCUT2D eigenvalue weighted by molar-refractivity contribution is 7.00. The highest BCUT2D eigenvalue weighted by Gasteiger charge is 2.43. The summed E-state index contributed by atoms with van der Waals surface area (Å²) in [6.07, 6.45) is 0. The van der Waals surface area contributed by atoms with Crippen LogP contribution in [0.2, 0.25) is 0 Å². The molecule has 0 N–H and O–H groups in total. The van der Waals surface area contributed by atoms with Gasteiger partial charge in [-0.25, -0.2) is 0 Å². The Bertz CT molecular complexity index is 1500. The molecule has 7 rings (SSSR count). The lowest BCUT2D eigenvalue weighted by molar-refractivity contribution is 0.415. The van der Waals surface area contributed by atoms with Crippen molar-refractivity contribution in [2.75, 3.05) is 24.0 Å². The quantitative estimate of drug-likeness (QED) is 0.298. The maximum atomic E-state index is 5.72. The van der Waals surface area contributed by atoms with Crippen LogP contribution in [0.1, 0.15) is 0 Å². The third-order valence-corrected chi connectivity index (χ3v) is 7.43. The molecule has 0 aromatic heterocycles. The average Bonchev–Trinajstić information content (AvgIpc) is 2.97. The Kier molecular flexibility index (Phi) is 4.96. The van der Waals surface area contributed by atoms with E-state index in [1.165, 1.54) is 27.8 Å². The first kappa shape index (κ1) is 21.6. The van der Waals surface area contributed by atoms with Crippen molar-refractivity contribution in [1.82, 2.24) is 0 Å². The third kappa shape index (κ3) is 3.24. The molecule has 0 bridgehead atoms. The molecule has 5 aromatic carbocycles. The van der Waals surface area contributed by atoms with Gasteiger partial charge in [-0.2, -0.15) is 0 Å². The summed E-state index contributed by atoms with van der Waals surface area (Å²) in [5, 5.41) is 0. The van der Waals surface area contributed by atoms with Crippen molar-refractivity contribution < 1.29 is 9.47 Å². The van der Waals surface area contributed by atoms with E-state index in [0.717, 1.165) is 34.2 Å². The van der Waals surface area contributed by atoms with Gasteiger partial charge in [0.05, 0.1) is 14.2 Å². The molecule has 0 radical (unpaired) electrons. The van der Waals surface area contributed by atoms with Gasteiger partial charge in [0.1, 0.15) is 11.5 Å². The number of anilines is 6. The van der Waals surface area contributed by atoms with Crippen LogP contribution in [-0.4, -0.2) is 20.9 Å². The molecule has 4 nitrogen and oxygen atoms in total. The first-order chi connectivity index (χ1) is 18.3. The van der Waals surface area contributed by atoms with Crippen LogP contribution in [0.3, 0.4) is 0 Å². The predicted octanol–water partition coefficient (Wildman–Crippen LogP) is 5.79. The summed E-state index contributed by atoms with van der Waals surface area (Å²) in [4.78, 5) is 4.75. The molecule has 0 saturated carbocycles. The summed E-state index contributed by atoms with van der Waals surface area (Å²) in [6.45, 7) is 0.0290. The highest BCUT2D eigenvalue weighted by atomic mass is 16.5. The number of rotatable bonds is 4. The van der Waals surface area contributed by atoms with Crippen LogP contribution >= 0.6 is 0 Å². The van der Waals surface area contributed by atoms with E-state index in [4.69, 9.17) is 9.47 Å². The van der Waals surface area contributed by atoms with Crippen molar-refractivity contribution in [3.05, 3.63) is 115 Å². The van der Waals surface area contributed by atoms with Crippen molar-refractivity contribution in [3.8, 4) is 11.5 Å². The van der Waals surface area contributed by atoms with Gasteiger partial charge < -0.3 is 19.3 Å². The maximum absolute atomic E-state index is 5.72. The standard InChI is InChI=1S/C32H25BN2O2/c1-36-24-16-18-28-26(20-24)33-27-21-25(37-2)17-19-29(27)35(23-12-7-4-8-13-23)31-15-9-14-30(32(31)33)34(28)22-10-5-3-6-11-22/h3-21H,1-2H3. The molecule has 0 aliphatic carbocycles. The molecule has 5 aromatic rings. The summed E-state index contributed by atoms with van der Waals surface area (Å²) in [5.41, 5.74) is 10.6. The van der Waals surface area contributed by atoms with E-state index in [2.05, 4.69) is 125 Å². The van der Waals surface area contributed by atoms with Gasteiger partial charge in [-0.3, -0.25) is 0 Å². The molecule has 0 unspecified atom stereocenters. The topological polar surface area (TPSA) is 24.9 Å². The molecular formula is C32H25BN2O2. The molecular weight excluding hydrogens is 455 g/mol. The minimum atomic E-state index is 0.0290. The second kappa shape index (κ2) is 8.49. The van der Waals surface area contributed by atoms with Gasteiger partial charge in [0.2, 0.25) is 0 Å². The molecule has 2 aliphatic heterocycles. The fourth-order valence-corrected chi connectivity index (χ4v) is 5.86. The predicted molar refractivity (Wildman–Crippen MR) is 154 cm³/mol. The summed E-state index contributed by atoms with van der Waals surface area (Å²) in [5.74, 6) is 1.70. The van der Waals surface area contributed by atoms with E-state index in [1.54, 1.807) is 14.2 Å². The van der Waals surface area contributed by atoms with E-state index in [-0.39, 0.29) is 6.71 Å². The zero-order valence-electron chi connectivity index (χ0n) is 20.8. The molecule has 2 heterocycles. The van der Waals surface area contributed by atoms with Gasteiger partial charge in [-0.1, -0.05) is 42.5 Å². The molecule has 0 spiro atoms. The zero-order valence-corrected chi connectivity index (χ0v) is 20.8. The number of ether oxygens (including phenoxy) is 2. The molecule has 37 heavy (non-hydrogen) atoms. The van der Waals surface area contributed by atoms with Gasteiger partial charge in [0.15, 0.2) is 0 Å². The van der Waals surface area contributed by atoms with Crippen molar-refractivity contribution >= 4 is 57.2 Å². The Morgan fingerprint density at radius 2 is 0.946 bits per heavy atom. The first-order valence-corrected chi connectivity index (χ1v) is 12.5. The molecule has 2 aliphatic rings. The number of benzene rings is 5. The minimum Gasteiger partial charge on any atom is -0.497 e. The van der Waals surface area contributed by atoms with Crippen molar-refractivity contribution in [2.24, 2.45) is 0 Å². The number of fused-ring (bicyclic) bond motifs is 4. The summed E-state index contributed by atoms with van der Waals surface area (Å²) >= 11 is 0. The lowest BCUT2D eigenvalue weighted by Gasteiger charge is -2.44. The van der Waals surface area contributed by atoms with E-state index in [1.807, 2.05) is 0 Å². The Morgan fingerprint density at radius 1 is 0.486 bits per heavy atom. The number of hydrogen-bond donors (Lipinski definition) is 0. The smallest absolute Gasteiger partial charge is 0.252 e. The van der Waals surface area contributed by atoms with Crippen LogP contribution in [0.5, 0.6) is 11.5 Å². The zero-order chi connectivity index (χ0) is 24.9. The molecule has 0 atom stereocenters. The van der Waals surface area contributed by atoms with Gasteiger partial charge in [-0.05, 0) is 89.2 Å². The van der Waals surface area contributed by atoms with Gasteiger partial charge in [0, 0.05) is 34.1 Å². The van der Waals surface area contributed by atoms with Crippen molar-refractivity contribution in [2.45, 2.75) is 0 Å². The average molecular weight is 480 g/mol. The second-order valence-electron chi connectivity index (χ2n) is 9.33. The molecule has 178 valence electrons. The van der Waals surface area contributed by atoms with E-state index in [0.29, 0.717) is 0 Å². The Morgan fingerprint density at radius 3 is 1.38 bits per heavy atom. The van der Waals surface area contributed by atoms with Crippen LogP contribution in [0.4, 0.5) is 34.1 Å². The van der Waals surface area contributed by atoms with Crippen LogP contribution in [0.25, 0.3) is 0 Å². The molecule has 5 heteroatoms. The number of hydrogen-bond acceptors (Lipinski definition) is 4. The lowest BCUT2D eigenvalue weighted by Crippen LogP contribution is -2.61. The van der Waals surface area contributed by atoms with Gasteiger partial charge in [-0.15, -0.1) is 0 Å². The summed E-state index contributed by atoms with van der Waals surface area (Å²) in [7, 11) is 3.46. The lowest BCUT2D eigenvalue weighted by atomic mass is 9.33. The third-order valence-electron chi connectivity index (χ3n) is 7.43. The Hall–Kier alpha value is -4.64. The number of methoxy groups -OCH3 is 2. The Labute approximate surface area is 217 Å². The highest BCUT2D eigenvalue weighted by Crippen LogP contribution is 2.44. The van der Waals surface area contributed by atoms with Crippen molar-refractivity contribution in [3.63, 3.8) is 0 Å². The Balaban J connectivity index is 1.59. The number of nitrogens with zero attached hydrogens (tertiary/aromatic N) is 2. The van der Waals surface area contributed by atoms with Gasteiger partial charge >= 0.3 is 0 Å². The van der Waals surface area contributed by atoms with Crippen molar-refractivity contribution in [1.29, 1.82) is 0 Å². The summed E-state index contributed by atoms with van der Waals surface area (Å²) in [6, 6.07) is 40.7. The summed E-state index contributed by atoms with van der Waals surface area (Å²) < 4.78 is 11.4. The maximum Gasteiger partial charge on any atom is 0.252 e.